The van der Waals surface area contributed by atoms with E-state index in [1.807, 2.05) is 31.4 Å². The zero-order valence-electron chi connectivity index (χ0n) is 15.2. The molecule has 23 heavy (non-hydrogen) atoms. The molecule has 2 fully saturated rings. The number of nitrogens with zero attached hydrogens (tertiary/aromatic N) is 5. The fourth-order valence-electron chi connectivity index (χ4n) is 4.41. The van der Waals surface area contributed by atoms with Crippen LogP contribution < -0.4 is 4.90 Å². The molecular formula is C18H31N5. The van der Waals surface area contributed by atoms with Gasteiger partial charge >= 0.3 is 0 Å². The second-order valence-electron chi connectivity index (χ2n) is 7.94. The Morgan fingerprint density at radius 1 is 0.870 bits per heavy atom. The second-order valence-corrected chi connectivity index (χ2v) is 7.94. The first-order valence-corrected chi connectivity index (χ1v) is 8.79. The highest BCUT2D eigenvalue weighted by Gasteiger charge is 2.43. The molecule has 2 aliphatic rings. The van der Waals surface area contributed by atoms with Crippen molar-refractivity contribution >= 4 is 5.95 Å². The highest BCUT2D eigenvalue weighted by atomic mass is 15.2. The van der Waals surface area contributed by atoms with E-state index in [9.17, 15) is 0 Å². The van der Waals surface area contributed by atoms with E-state index in [-0.39, 0.29) is 0 Å². The van der Waals surface area contributed by atoms with Gasteiger partial charge in [0, 0.05) is 50.7 Å². The summed E-state index contributed by atoms with van der Waals surface area (Å²) in [6.07, 6.45) is 9.45. The van der Waals surface area contributed by atoms with Crippen molar-refractivity contribution in [3.05, 3.63) is 18.0 Å². The summed E-state index contributed by atoms with van der Waals surface area (Å²) in [4.78, 5) is 15.7. The van der Waals surface area contributed by atoms with Gasteiger partial charge in [-0.05, 0) is 58.7 Å². The Morgan fingerprint density at radius 3 is 1.87 bits per heavy atom. The molecule has 3 rings (SSSR count). The summed E-state index contributed by atoms with van der Waals surface area (Å²) in [6, 6.07) is 1.53. The van der Waals surface area contributed by atoms with Gasteiger partial charge in [-0.1, -0.05) is 0 Å². The van der Waals surface area contributed by atoms with Gasteiger partial charge in [0.25, 0.3) is 0 Å². The van der Waals surface area contributed by atoms with E-state index in [0.717, 1.165) is 36.4 Å². The summed E-state index contributed by atoms with van der Waals surface area (Å²) < 4.78 is 0. The normalized spacial score (nSPS) is 30.2. The van der Waals surface area contributed by atoms with Gasteiger partial charge in [-0.2, -0.15) is 0 Å². The van der Waals surface area contributed by atoms with Crippen molar-refractivity contribution in [2.75, 3.05) is 40.1 Å². The van der Waals surface area contributed by atoms with Crippen LogP contribution in [0.25, 0.3) is 0 Å². The first-order chi connectivity index (χ1) is 10.9. The van der Waals surface area contributed by atoms with Crippen LogP contribution in [0.3, 0.4) is 0 Å². The number of hydrogen-bond donors (Lipinski definition) is 0. The Kier molecular flexibility index (Phi) is 4.87. The minimum absolute atomic E-state index is 0.724. The zero-order chi connectivity index (χ0) is 16.6. The number of anilines is 1. The maximum atomic E-state index is 4.43. The topological polar surface area (TPSA) is 35.5 Å². The average Bonchev–Trinajstić information content (AvgIpc) is 3.06. The van der Waals surface area contributed by atoms with Crippen molar-refractivity contribution in [1.82, 2.24) is 19.8 Å². The third-order valence-electron chi connectivity index (χ3n) is 5.84. The maximum absolute atomic E-state index is 4.43. The molecule has 0 spiro atoms. The Bertz CT molecular complexity index is 499. The molecule has 1 aromatic rings. The van der Waals surface area contributed by atoms with E-state index in [2.05, 4.69) is 40.9 Å². The lowest BCUT2D eigenvalue weighted by Gasteiger charge is -2.27. The average molecular weight is 317 g/mol. The molecular weight excluding hydrogens is 286 g/mol. The molecule has 5 nitrogen and oxygen atoms in total. The fraction of sp³-hybridized carbons (Fsp3) is 0.778. The molecule has 128 valence electrons. The van der Waals surface area contributed by atoms with Crippen molar-refractivity contribution in [3.63, 3.8) is 0 Å². The smallest absolute Gasteiger partial charge is 0.224 e. The van der Waals surface area contributed by atoms with E-state index >= 15 is 0 Å². The number of fused-ring (bicyclic) bond motifs is 1. The van der Waals surface area contributed by atoms with Crippen LogP contribution in [-0.2, 0) is 6.54 Å². The lowest BCUT2D eigenvalue weighted by Crippen LogP contribution is -2.31. The van der Waals surface area contributed by atoms with Gasteiger partial charge < -0.3 is 9.80 Å². The molecule has 2 aliphatic carbocycles. The van der Waals surface area contributed by atoms with Crippen molar-refractivity contribution in [1.29, 1.82) is 0 Å². The highest BCUT2D eigenvalue weighted by Crippen LogP contribution is 2.46. The first-order valence-electron chi connectivity index (χ1n) is 8.79. The fourth-order valence-corrected chi connectivity index (χ4v) is 4.41. The van der Waals surface area contributed by atoms with Crippen molar-refractivity contribution in [3.8, 4) is 0 Å². The predicted molar refractivity (Wildman–Crippen MR) is 94.5 cm³/mol. The summed E-state index contributed by atoms with van der Waals surface area (Å²) >= 11 is 0. The molecule has 0 saturated heterocycles. The maximum Gasteiger partial charge on any atom is 0.224 e. The standard InChI is InChI=1S/C18H31N5/c1-21(2)16-6-14-8-17(9-15(14)7-16)23(5)12-13-10-19-18(20-11-13)22(3)4/h10-11,14-17H,6-9,12H2,1-5H3/t14-,15+,16?,17?. The Hall–Kier alpha value is -1.20. The summed E-state index contributed by atoms with van der Waals surface area (Å²) in [5.41, 5.74) is 1.21. The molecule has 2 saturated carbocycles. The first kappa shape index (κ1) is 16.7. The molecule has 0 bridgehead atoms. The second kappa shape index (κ2) is 6.73. The zero-order valence-corrected chi connectivity index (χ0v) is 15.2. The van der Waals surface area contributed by atoms with Gasteiger partial charge in [0.15, 0.2) is 0 Å². The molecule has 1 aromatic heterocycles. The Labute approximate surface area is 140 Å². The monoisotopic (exact) mass is 317 g/mol. The van der Waals surface area contributed by atoms with E-state index in [1.54, 1.807) is 0 Å². The Morgan fingerprint density at radius 2 is 1.39 bits per heavy atom. The minimum atomic E-state index is 0.724. The molecule has 2 unspecified atom stereocenters. The van der Waals surface area contributed by atoms with E-state index < -0.39 is 0 Å². The molecule has 4 atom stereocenters. The van der Waals surface area contributed by atoms with Gasteiger partial charge in [-0.15, -0.1) is 0 Å². The van der Waals surface area contributed by atoms with Gasteiger partial charge in [-0.25, -0.2) is 9.97 Å². The van der Waals surface area contributed by atoms with Gasteiger partial charge in [0.2, 0.25) is 5.95 Å². The van der Waals surface area contributed by atoms with Crippen molar-refractivity contribution in [2.24, 2.45) is 11.8 Å². The van der Waals surface area contributed by atoms with E-state index in [4.69, 9.17) is 0 Å². The lowest BCUT2D eigenvalue weighted by atomic mass is 10.0. The van der Waals surface area contributed by atoms with Crippen LogP contribution in [0.2, 0.25) is 0 Å². The number of aromatic nitrogens is 2. The van der Waals surface area contributed by atoms with Crippen LogP contribution in [-0.4, -0.2) is 67.1 Å². The molecule has 0 aliphatic heterocycles. The van der Waals surface area contributed by atoms with Crippen LogP contribution in [0, 0.1) is 11.8 Å². The minimum Gasteiger partial charge on any atom is -0.347 e. The highest BCUT2D eigenvalue weighted by molar-refractivity contribution is 5.26. The summed E-state index contributed by atoms with van der Waals surface area (Å²) in [6.45, 7) is 0.953. The van der Waals surface area contributed by atoms with Crippen LogP contribution in [0.1, 0.15) is 31.2 Å². The largest absolute Gasteiger partial charge is 0.347 e. The molecule has 5 heteroatoms. The number of rotatable bonds is 5. The molecule has 0 aromatic carbocycles. The molecule has 0 radical (unpaired) electrons. The van der Waals surface area contributed by atoms with Crippen LogP contribution in [0.4, 0.5) is 5.95 Å². The quantitative estimate of drug-likeness (QED) is 0.831. The van der Waals surface area contributed by atoms with Crippen LogP contribution in [0.15, 0.2) is 12.4 Å². The van der Waals surface area contributed by atoms with E-state index in [1.165, 1.54) is 31.2 Å². The predicted octanol–water partition coefficient (Wildman–Crippen LogP) is 2.09. The third kappa shape index (κ3) is 3.66. The lowest BCUT2D eigenvalue weighted by molar-refractivity contribution is 0.211. The van der Waals surface area contributed by atoms with Gasteiger partial charge in [-0.3, -0.25) is 4.90 Å². The summed E-state index contributed by atoms with van der Waals surface area (Å²) in [5.74, 6) is 2.64. The third-order valence-corrected chi connectivity index (χ3v) is 5.84. The molecule has 0 N–H and O–H groups in total. The van der Waals surface area contributed by atoms with Crippen molar-refractivity contribution < 1.29 is 0 Å². The van der Waals surface area contributed by atoms with Gasteiger partial charge in [0.05, 0.1) is 0 Å². The SMILES string of the molecule is CN(C)c1ncc(CN(C)C2C[C@H]3CC(N(C)C)C[C@H]3C2)cn1. The van der Waals surface area contributed by atoms with Gasteiger partial charge in [0.1, 0.15) is 0 Å². The van der Waals surface area contributed by atoms with Crippen LogP contribution in [0.5, 0.6) is 0 Å². The summed E-state index contributed by atoms with van der Waals surface area (Å²) in [7, 11) is 10.7. The molecule has 0 amide bonds. The van der Waals surface area contributed by atoms with E-state index in [0.29, 0.717) is 0 Å². The molecule has 1 heterocycles. The Balaban J connectivity index is 1.53. The van der Waals surface area contributed by atoms with Crippen LogP contribution >= 0.6 is 0 Å². The number of hydrogen-bond acceptors (Lipinski definition) is 5. The summed E-state index contributed by atoms with van der Waals surface area (Å²) in [5, 5.41) is 0. The van der Waals surface area contributed by atoms with Crippen molar-refractivity contribution in [2.45, 2.75) is 44.3 Å².